The molecule has 0 radical (unpaired) electrons. The highest BCUT2D eigenvalue weighted by Crippen LogP contribution is 2.28. The van der Waals surface area contributed by atoms with Crippen molar-refractivity contribution in [2.75, 3.05) is 0 Å². The van der Waals surface area contributed by atoms with Gasteiger partial charge in [0.15, 0.2) is 17.3 Å². The van der Waals surface area contributed by atoms with Gasteiger partial charge in [-0.1, -0.05) is 15.9 Å². The Morgan fingerprint density at radius 2 is 2.12 bits per heavy atom. The molecule has 0 aliphatic rings. The standard InChI is InChI=1S/C12H9BrFNO2/c13-9-1-2-11(10(14)5-9)17-12-6-15-4-3-8(12)7-16/h1-6,16H,7H2. The normalized spacial score (nSPS) is 10.3. The molecule has 0 spiro atoms. The van der Waals surface area contributed by atoms with Crippen LogP contribution in [0.4, 0.5) is 4.39 Å². The van der Waals surface area contributed by atoms with Gasteiger partial charge in [0.1, 0.15) is 0 Å². The average Bonchev–Trinajstić information content (AvgIpc) is 2.33. The zero-order chi connectivity index (χ0) is 12.3. The highest BCUT2D eigenvalue weighted by atomic mass is 79.9. The van der Waals surface area contributed by atoms with E-state index in [4.69, 9.17) is 9.84 Å². The van der Waals surface area contributed by atoms with Gasteiger partial charge < -0.3 is 9.84 Å². The van der Waals surface area contributed by atoms with Crippen molar-refractivity contribution < 1.29 is 14.2 Å². The molecule has 0 fully saturated rings. The molecule has 0 saturated heterocycles. The third-order valence-corrected chi connectivity index (χ3v) is 2.65. The van der Waals surface area contributed by atoms with Gasteiger partial charge in [-0.05, 0) is 24.3 Å². The van der Waals surface area contributed by atoms with Crippen molar-refractivity contribution in [3.8, 4) is 11.5 Å². The second-order valence-corrected chi connectivity index (χ2v) is 4.23. The van der Waals surface area contributed by atoms with Crippen LogP contribution < -0.4 is 4.74 Å². The topological polar surface area (TPSA) is 42.4 Å². The van der Waals surface area contributed by atoms with E-state index in [0.29, 0.717) is 15.8 Å². The largest absolute Gasteiger partial charge is 0.452 e. The maximum atomic E-state index is 13.5. The zero-order valence-corrected chi connectivity index (χ0v) is 10.3. The van der Waals surface area contributed by atoms with Crippen molar-refractivity contribution in [1.82, 2.24) is 4.98 Å². The SMILES string of the molecule is OCc1ccncc1Oc1ccc(Br)cc1F. The van der Waals surface area contributed by atoms with Crippen molar-refractivity contribution in [3.63, 3.8) is 0 Å². The van der Waals surface area contributed by atoms with Crippen molar-refractivity contribution in [3.05, 3.63) is 52.5 Å². The van der Waals surface area contributed by atoms with E-state index in [1.807, 2.05) is 0 Å². The lowest BCUT2D eigenvalue weighted by atomic mass is 10.2. The lowest BCUT2D eigenvalue weighted by molar-refractivity contribution is 0.275. The smallest absolute Gasteiger partial charge is 0.166 e. The third kappa shape index (κ3) is 2.81. The monoisotopic (exact) mass is 297 g/mol. The molecule has 2 aromatic rings. The van der Waals surface area contributed by atoms with Gasteiger partial charge in [0.05, 0.1) is 12.8 Å². The van der Waals surface area contributed by atoms with Gasteiger partial charge >= 0.3 is 0 Å². The van der Waals surface area contributed by atoms with Crippen LogP contribution in [-0.2, 0) is 6.61 Å². The predicted octanol–water partition coefficient (Wildman–Crippen LogP) is 3.27. The van der Waals surface area contributed by atoms with Gasteiger partial charge in [-0.25, -0.2) is 4.39 Å². The molecule has 0 aliphatic heterocycles. The minimum Gasteiger partial charge on any atom is -0.452 e. The molecule has 88 valence electrons. The fourth-order valence-electron chi connectivity index (χ4n) is 1.31. The molecular weight excluding hydrogens is 289 g/mol. The fraction of sp³-hybridized carbons (Fsp3) is 0.0833. The van der Waals surface area contributed by atoms with Gasteiger partial charge in [-0.2, -0.15) is 0 Å². The third-order valence-electron chi connectivity index (χ3n) is 2.15. The van der Waals surface area contributed by atoms with Crippen molar-refractivity contribution >= 4 is 15.9 Å². The molecule has 1 aromatic carbocycles. The summed E-state index contributed by atoms with van der Waals surface area (Å²) in [5.41, 5.74) is 0.558. The predicted molar refractivity (Wildman–Crippen MR) is 64.3 cm³/mol. The van der Waals surface area contributed by atoms with Crippen molar-refractivity contribution in [2.45, 2.75) is 6.61 Å². The molecule has 0 atom stereocenters. The number of hydrogen-bond acceptors (Lipinski definition) is 3. The summed E-state index contributed by atoms with van der Waals surface area (Å²) >= 11 is 3.16. The van der Waals surface area contributed by atoms with Crippen LogP contribution >= 0.6 is 15.9 Å². The molecule has 5 heteroatoms. The van der Waals surface area contributed by atoms with E-state index in [0.717, 1.165) is 0 Å². The Bertz CT molecular complexity index is 534. The number of pyridine rings is 1. The second kappa shape index (κ2) is 5.25. The summed E-state index contributed by atoms with van der Waals surface area (Å²) in [6.45, 7) is -0.185. The summed E-state index contributed by atoms with van der Waals surface area (Å²) in [4.78, 5) is 3.87. The van der Waals surface area contributed by atoms with E-state index in [9.17, 15) is 4.39 Å². The lowest BCUT2D eigenvalue weighted by Gasteiger charge is -2.09. The average molecular weight is 298 g/mol. The van der Waals surface area contributed by atoms with Gasteiger partial charge in [0.2, 0.25) is 0 Å². The maximum Gasteiger partial charge on any atom is 0.166 e. The summed E-state index contributed by atoms with van der Waals surface area (Å²) < 4.78 is 19.5. The lowest BCUT2D eigenvalue weighted by Crippen LogP contribution is -1.94. The van der Waals surface area contributed by atoms with Crippen LogP contribution in [0, 0.1) is 5.82 Å². The van der Waals surface area contributed by atoms with E-state index in [1.165, 1.54) is 24.5 Å². The molecule has 1 aromatic heterocycles. The number of ether oxygens (including phenoxy) is 1. The zero-order valence-electron chi connectivity index (χ0n) is 8.73. The van der Waals surface area contributed by atoms with Crippen LogP contribution in [0.2, 0.25) is 0 Å². The highest BCUT2D eigenvalue weighted by molar-refractivity contribution is 9.10. The van der Waals surface area contributed by atoms with Crippen LogP contribution in [0.25, 0.3) is 0 Å². The number of aromatic nitrogens is 1. The van der Waals surface area contributed by atoms with E-state index in [-0.39, 0.29) is 12.4 Å². The number of rotatable bonds is 3. The summed E-state index contributed by atoms with van der Waals surface area (Å²) in [6, 6.07) is 6.11. The minimum absolute atomic E-state index is 0.0934. The Labute approximate surface area is 106 Å². The molecule has 0 aliphatic carbocycles. The van der Waals surface area contributed by atoms with Crippen molar-refractivity contribution in [2.24, 2.45) is 0 Å². The molecule has 1 heterocycles. The Kier molecular flexibility index (Phi) is 3.71. The van der Waals surface area contributed by atoms with Crippen LogP contribution in [0.3, 0.4) is 0 Å². The summed E-state index contributed by atoms with van der Waals surface area (Å²) in [6.07, 6.45) is 2.98. The Balaban J connectivity index is 2.31. The Morgan fingerprint density at radius 3 is 2.82 bits per heavy atom. The molecule has 0 unspecified atom stereocenters. The molecule has 2 rings (SSSR count). The van der Waals surface area contributed by atoms with E-state index in [1.54, 1.807) is 12.1 Å². The summed E-state index contributed by atoms with van der Waals surface area (Å²) in [5.74, 6) is -0.0424. The van der Waals surface area contributed by atoms with E-state index >= 15 is 0 Å². The number of hydrogen-bond donors (Lipinski definition) is 1. The Hall–Kier alpha value is -1.46. The van der Waals surface area contributed by atoms with Crippen LogP contribution in [0.15, 0.2) is 41.1 Å². The van der Waals surface area contributed by atoms with Gasteiger partial charge in [0.25, 0.3) is 0 Å². The molecule has 1 N–H and O–H groups in total. The first-order valence-electron chi connectivity index (χ1n) is 4.87. The molecule has 0 saturated carbocycles. The first-order valence-corrected chi connectivity index (χ1v) is 5.66. The van der Waals surface area contributed by atoms with Crippen LogP contribution in [-0.4, -0.2) is 10.1 Å². The number of halogens is 2. The van der Waals surface area contributed by atoms with Gasteiger partial charge in [0, 0.05) is 16.2 Å². The second-order valence-electron chi connectivity index (χ2n) is 3.32. The first kappa shape index (κ1) is 12.0. The van der Waals surface area contributed by atoms with Crippen molar-refractivity contribution in [1.29, 1.82) is 0 Å². The molecule has 17 heavy (non-hydrogen) atoms. The molecule has 0 bridgehead atoms. The minimum atomic E-state index is -0.480. The Morgan fingerprint density at radius 1 is 1.29 bits per heavy atom. The number of aliphatic hydroxyl groups is 1. The summed E-state index contributed by atoms with van der Waals surface area (Å²) in [7, 11) is 0. The molecular formula is C12H9BrFNO2. The van der Waals surface area contributed by atoms with Gasteiger partial charge in [-0.15, -0.1) is 0 Å². The van der Waals surface area contributed by atoms with Gasteiger partial charge in [-0.3, -0.25) is 4.98 Å². The maximum absolute atomic E-state index is 13.5. The van der Waals surface area contributed by atoms with E-state index in [2.05, 4.69) is 20.9 Å². The van der Waals surface area contributed by atoms with Crippen LogP contribution in [0.1, 0.15) is 5.56 Å². The number of nitrogens with zero attached hydrogens (tertiary/aromatic N) is 1. The fourth-order valence-corrected chi connectivity index (χ4v) is 1.64. The summed E-state index contributed by atoms with van der Waals surface area (Å²) in [5, 5.41) is 9.10. The number of aliphatic hydroxyl groups excluding tert-OH is 1. The number of benzene rings is 1. The molecule has 3 nitrogen and oxygen atoms in total. The first-order chi connectivity index (χ1) is 8.20. The molecule has 0 amide bonds. The highest BCUT2D eigenvalue weighted by Gasteiger charge is 2.08. The van der Waals surface area contributed by atoms with E-state index < -0.39 is 5.82 Å². The van der Waals surface area contributed by atoms with Crippen LogP contribution in [0.5, 0.6) is 11.5 Å². The quantitative estimate of drug-likeness (QED) is 0.945.